The van der Waals surface area contributed by atoms with E-state index in [0.29, 0.717) is 5.56 Å². The minimum Gasteiger partial charge on any atom is -0.504 e. The lowest BCUT2D eigenvalue weighted by atomic mass is 10.0. The average Bonchev–Trinajstić information content (AvgIpc) is 2.27. The molecule has 0 amide bonds. The number of carbonyl (C=O) groups excluding carboxylic acids is 1. The number of phenolic OH excluding ortho intramolecular Hbond substituents is 1. The van der Waals surface area contributed by atoms with Crippen LogP contribution < -0.4 is 10.5 Å². The molecule has 0 saturated heterocycles. The maximum Gasteiger partial charge on any atom is 0.389 e. The third-order valence-corrected chi connectivity index (χ3v) is 2.40. The van der Waals surface area contributed by atoms with Crippen LogP contribution >= 0.6 is 12.4 Å². The Morgan fingerprint density at radius 3 is 2.50 bits per heavy atom. The highest BCUT2D eigenvalue weighted by molar-refractivity contribution is 5.85. The Balaban J connectivity index is 0.00000361. The van der Waals surface area contributed by atoms with Crippen molar-refractivity contribution in [3.05, 3.63) is 23.8 Å². The van der Waals surface area contributed by atoms with E-state index in [2.05, 4.69) is 4.74 Å². The Morgan fingerprint density at radius 2 is 2.05 bits per heavy atom. The Morgan fingerprint density at radius 1 is 1.45 bits per heavy atom. The quantitative estimate of drug-likeness (QED) is 0.662. The van der Waals surface area contributed by atoms with Crippen LogP contribution in [-0.4, -0.2) is 17.3 Å². The molecule has 0 aliphatic carbocycles. The van der Waals surface area contributed by atoms with Gasteiger partial charge in [-0.25, -0.2) is 0 Å². The van der Waals surface area contributed by atoms with Crippen molar-refractivity contribution in [1.82, 2.24) is 0 Å². The van der Waals surface area contributed by atoms with Gasteiger partial charge in [-0.3, -0.25) is 4.79 Å². The molecule has 1 atom stereocenters. The van der Waals surface area contributed by atoms with E-state index in [1.165, 1.54) is 25.1 Å². The normalized spacial score (nSPS) is 12.4. The lowest BCUT2D eigenvalue weighted by molar-refractivity contribution is -0.136. The molecule has 0 aliphatic rings. The summed E-state index contributed by atoms with van der Waals surface area (Å²) in [5, 5.41) is 9.56. The number of ether oxygens (including phenoxy) is 1. The van der Waals surface area contributed by atoms with E-state index in [0.717, 1.165) is 0 Å². The van der Waals surface area contributed by atoms with Gasteiger partial charge in [0, 0.05) is 19.4 Å². The number of nitrogens with two attached hydrogens (primary N) is 1. The van der Waals surface area contributed by atoms with E-state index < -0.39 is 24.6 Å². The van der Waals surface area contributed by atoms with Crippen LogP contribution in [0.3, 0.4) is 0 Å². The highest BCUT2D eigenvalue weighted by atomic mass is 35.5. The number of carbonyl (C=O) groups is 1. The third kappa shape index (κ3) is 6.12. The highest BCUT2D eigenvalue weighted by Gasteiger charge is 2.28. The van der Waals surface area contributed by atoms with Gasteiger partial charge < -0.3 is 15.6 Å². The van der Waals surface area contributed by atoms with Crippen molar-refractivity contribution < 1.29 is 27.8 Å². The minimum atomic E-state index is -4.27. The SMILES string of the molecule is CC(=O)Oc1ccc([C@@H](N)CCC(F)(F)F)cc1O.Cl. The summed E-state index contributed by atoms with van der Waals surface area (Å²) in [5.74, 6) is -1.00. The summed E-state index contributed by atoms with van der Waals surface area (Å²) in [4.78, 5) is 10.7. The van der Waals surface area contributed by atoms with Crippen LogP contribution in [-0.2, 0) is 4.79 Å². The molecule has 1 aromatic rings. The van der Waals surface area contributed by atoms with E-state index >= 15 is 0 Å². The minimum absolute atomic E-state index is 0. The smallest absolute Gasteiger partial charge is 0.389 e. The zero-order valence-corrected chi connectivity index (χ0v) is 11.4. The molecular formula is C12H15ClF3NO3. The van der Waals surface area contributed by atoms with Gasteiger partial charge in [0.05, 0.1) is 0 Å². The lowest BCUT2D eigenvalue weighted by Gasteiger charge is -2.14. The molecule has 3 N–H and O–H groups in total. The summed E-state index contributed by atoms with van der Waals surface area (Å²) >= 11 is 0. The van der Waals surface area contributed by atoms with E-state index in [4.69, 9.17) is 5.73 Å². The monoisotopic (exact) mass is 313 g/mol. The van der Waals surface area contributed by atoms with Gasteiger partial charge in [0.1, 0.15) is 0 Å². The number of halogens is 4. The summed E-state index contributed by atoms with van der Waals surface area (Å²) in [5.41, 5.74) is 5.95. The van der Waals surface area contributed by atoms with Crippen LogP contribution in [0, 0.1) is 0 Å². The summed E-state index contributed by atoms with van der Waals surface area (Å²) in [6, 6.07) is 3.05. The van der Waals surface area contributed by atoms with Gasteiger partial charge in [-0.15, -0.1) is 12.4 Å². The zero-order chi connectivity index (χ0) is 14.6. The van der Waals surface area contributed by atoms with Crippen molar-refractivity contribution in [3.63, 3.8) is 0 Å². The van der Waals surface area contributed by atoms with Crippen molar-refractivity contribution in [2.24, 2.45) is 5.73 Å². The van der Waals surface area contributed by atoms with E-state index in [1.54, 1.807) is 0 Å². The molecule has 0 bridgehead atoms. The Hall–Kier alpha value is -1.47. The second kappa shape index (κ2) is 7.35. The van der Waals surface area contributed by atoms with Gasteiger partial charge in [-0.05, 0) is 24.1 Å². The fraction of sp³-hybridized carbons (Fsp3) is 0.417. The van der Waals surface area contributed by atoms with Crippen LogP contribution in [0.5, 0.6) is 11.5 Å². The van der Waals surface area contributed by atoms with E-state index in [1.807, 2.05) is 0 Å². The first kappa shape index (κ1) is 18.5. The number of benzene rings is 1. The van der Waals surface area contributed by atoms with Crippen molar-refractivity contribution in [1.29, 1.82) is 0 Å². The summed E-state index contributed by atoms with van der Waals surface area (Å²) in [6.07, 6.45) is -5.55. The maximum atomic E-state index is 12.1. The zero-order valence-electron chi connectivity index (χ0n) is 10.6. The molecule has 1 aromatic carbocycles. The number of hydrogen-bond donors (Lipinski definition) is 2. The van der Waals surface area contributed by atoms with Gasteiger partial charge in [0.2, 0.25) is 0 Å². The van der Waals surface area contributed by atoms with E-state index in [-0.39, 0.29) is 30.3 Å². The Labute approximate surface area is 120 Å². The number of alkyl halides is 3. The van der Waals surface area contributed by atoms with Crippen LogP contribution in [0.2, 0.25) is 0 Å². The average molecular weight is 314 g/mol. The standard InChI is InChI=1S/C12H14F3NO3.ClH/c1-7(17)19-11-3-2-8(6-10(11)18)9(16)4-5-12(13,14)15;/h2-3,6,9,18H,4-5,16H2,1H3;1H/t9-;/m0./s1. The first-order valence-electron chi connectivity index (χ1n) is 5.52. The topological polar surface area (TPSA) is 72.5 Å². The van der Waals surface area contributed by atoms with Crippen LogP contribution in [0.4, 0.5) is 13.2 Å². The van der Waals surface area contributed by atoms with Crippen LogP contribution in [0.15, 0.2) is 18.2 Å². The second-order valence-electron chi connectivity index (χ2n) is 4.08. The fourth-order valence-corrected chi connectivity index (χ4v) is 1.49. The largest absolute Gasteiger partial charge is 0.504 e. The van der Waals surface area contributed by atoms with Crippen molar-refractivity contribution in [2.45, 2.75) is 32.0 Å². The Bertz CT molecular complexity index is 466. The molecule has 0 radical (unpaired) electrons. The molecule has 0 aliphatic heterocycles. The first-order chi connectivity index (χ1) is 8.69. The number of esters is 1. The van der Waals surface area contributed by atoms with Gasteiger partial charge >= 0.3 is 12.1 Å². The molecule has 0 spiro atoms. The predicted octanol–water partition coefficient (Wildman–Crippen LogP) is 3.08. The van der Waals surface area contributed by atoms with Gasteiger partial charge in [0.15, 0.2) is 11.5 Å². The summed E-state index contributed by atoms with van der Waals surface area (Å²) in [6.45, 7) is 1.17. The summed E-state index contributed by atoms with van der Waals surface area (Å²) < 4.78 is 40.9. The van der Waals surface area contributed by atoms with Crippen molar-refractivity contribution in [3.8, 4) is 11.5 Å². The molecule has 0 saturated carbocycles. The van der Waals surface area contributed by atoms with Crippen LogP contribution in [0.25, 0.3) is 0 Å². The lowest BCUT2D eigenvalue weighted by Crippen LogP contribution is -2.15. The highest BCUT2D eigenvalue weighted by Crippen LogP contribution is 2.31. The van der Waals surface area contributed by atoms with Gasteiger partial charge in [-0.1, -0.05) is 6.07 Å². The van der Waals surface area contributed by atoms with Crippen LogP contribution in [0.1, 0.15) is 31.4 Å². The molecular weight excluding hydrogens is 299 g/mol. The predicted molar refractivity (Wildman–Crippen MR) is 68.9 cm³/mol. The van der Waals surface area contributed by atoms with Gasteiger partial charge in [-0.2, -0.15) is 13.2 Å². The van der Waals surface area contributed by atoms with Crippen molar-refractivity contribution >= 4 is 18.4 Å². The number of hydrogen-bond acceptors (Lipinski definition) is 4. The molecule has 0 unspecified atom stereocenters. The van der Waals surface area contributed by atoms with E-state index in [9.17, 15) is 23.1 Å². The number of rotatable bonds is 4. The Kier molecular flexibility index (Phi) is 6.81. The fourth-order valence-electron chi connectivity index (χ4n) is 1.49. The third-order valence-electron chi connectivity index (χ3n) is 2.40. The van der Waals surface area contributed by atoms with Crippen molar-refractivity contribution in [2.75, 3.05) is 0 Å². The first-order valence-corrected chi connectivity index (χ1v) is 5.52. The molecule has 114 valence electrons. The summed E-state index contributed by atoms with van der Waals surface area (Å²) in [7, 11) is 0. The molecule has 20 heavy (non-hydrogen) atoms. The maximum absolute atomic E-state index is 12.1. The molecule has 4 nitrogen and oxygen atoms in total. The molecule has 0 fully saturated rings. The second-order valence-corrected chi connectivity index (χ2v) is 4.08. The molecule has 0 aromatic heterocycles. The molecule has 0 heterocycles. The molecule has 1 rings (SSSR count). The van der Waals surface area contributed by atoms with Gasteiger partial charge in [0.25, 0.3) is 0 Å². The number of aromatic hydroxyl groups is 1. The molecule has 8 heteroatoms. The number of phenols is 1.